The predicted molar refractivity (Wildman–Crippen MR) is 58.6 cm³/mol. The van der Waals surface area contributed by atoms with Crippen LogP contribution in [0.5, 0.6) is 17.2 Å². The molecule has 0 aliphatic heterocycles. The van der Waals surface area contributed by atoms with Crippen molar-refractivity contribution >= 4 is 12.0 Å². The van der Waals surface area contributed by atoms with E-state index in [0.717, 1.165) is 0 Å². The Labute approximate surface area is 101 Å². The van der Waals surface area contributed by atoms with Gasteiger partial charge in [-0.2, -0.15) is 13.2 Å². The second-order valence-electron chi connectivity index (χ2n) is 3.07. The highest BCUT2D eigenvalue weighted by Gasteiger charge is 2.31. The van der Waals surface area contributed by atoms with Crippen LogP contribution >= 0.6 is 12.0 Å². The fourth-order valence-electron chi connectivity index (χ4n) is 1.21. The maximum absolute atomic E-state index is 12.0. The van der Waals surface area contributed by atoms with Gasteiger partial charge in [-0.25, -0.2) is 0 Å². The summed E-state index contributed by atoms with van der Waals surface area (Å²) in [7, 11) is 2.84. The molecule has 0 heterocycles. The van der Waals surface area contributed by atoms with E-state index in [0.29, 0.717) is 17.1 Å². The first-order chi connectivity index (χ1) is 7.87. The fourth-order valence-corrected chi connectivity index (χ4v) is 1.49. The van der Waals surface area contributed by atoms with Gasteiger partial charge in [0, 0.05) is 17.7 Å². The van der Waals surface area contributed by atoms with Crippen molar-refractivity contribution in [2.45, 2.75) is 12.4 Å². The van der Waals surface area contributed by atoms with Crippen molar-refractivity contribution < 1.29 is 26.8 Å². The molecular weight excluding hydrogens is 257 g/mol. The first-order valence-corrected chi connectivity index (χ1v) is 5.26. The molecular formula is C10H11F3O3S. The zero-order chi connectivity index (χ0) is 13.1. The molecule has 0 N–H and O–H groups in total. The molecule has 0 unspecified atom stereocenters. The zero-order valence-electron chi connectivity index (χ0n) is 9.42. The molecule has 0 aliphatic carbocycles. The first kappa shape index (κ1) is 13.8. The summed E-state index contributed by atoms with van der Waals surface area (Å²) in [6, 6.07) is 2.74. The van der Waals surface area contributed by atoms with Crippen molar-refractivity contribution in [1.82, 2.24) is 0 Å². The molecule has 0 amide bonds. The van der Waals surface area contributed by atoms with Gasteiger partial charge in [-0.1, -0.05) is 0 Å². The van der Waals surface area contributed by atoms with E-state index in [1.807, 2.05) is 0 Å². The van der Waals surface area contributed by atoms with Crippen molar-refractivity contribution in [2.24, 2.45) is 0 Å². The molecule has 1 aromatic carbocycles. The van der Waals surface area contributed by atoms with E-state index in [-0.39, 0.29) is 5.75 Å². The van der Waals surface area contributed by atoms with Crippen LogP contribution in [0.3, 0.4) is 0 Å². The lowest BCUT2D eigenvalue weighted by Crippen LogP contribution is -2.03. The molecule has 1 aromatic rings. The van der Waals surface area contributed by atoms with Crippen LogP contribution < -0.4 is 13.7 Å². The molecule has 0 spiro atoms. The quantitative estimate of drug-likeness (QED) is 0.780. The minimum atomic E-state index is -4.45. The third-order valence-corrected chi connectivity index (χ3v) is 2.42. The van der Waals surface area contributed by atoms with Crippen molar-refractivity contribution in [3.63, 3.8) is 0 Å². The van der Waals surface area contributed by atoms with Crippen LogP contribution in [0, 0.1) is 6.92 Å². The molecule has 0 aromatic heterocycles. The lowest BCUT2D eigenvalue weighted by Gasteiger charge is -2.13. The number of alkyl halides is 3. The average Bonchev–Trinajstić information content (AvgIpc) is 2.26. The van der Waals surface area contributed by atoms with Gasteiger partial charge in [0.1, 0.15) is 17.2 Å². The predicted octanol–water partition coefficient (Wildman–Crippen LogP) is 3.56. The third-order valence-electron chi connectivity index (χ3n) is 1.96. The van der Waals surface area contributed by atoms with E-state index in [1.54, 1.807) is 6.92 Å². The maximum atomic E-state index is 12.0. The Morgan fingerprint density at radius 2 is 1.53 bits per heavy atom. The van der Waals surface area contributed by atoms with E-state index in [1.165, 1.54) is 26.4 Å². The second kappa shape index (κ2) is 5.39. The van der Waals surface area contributed by atoms with Gasteiger partial charge >= 0.3 is 5.51 Å². The van der Waals surface area contributed by atoms with Crippen LogP contribution in [0.2, 0.25) is 0 Å². The van der Waals surface area contributed by atoms with E-state index >= 15 is 0 Å². The molecule has 7 heteroatoms. The number of benzene rings is 1. The molecule has 0 fully saturated rings. The summed E-state index contributed by atoms with van der Waals surface area (Å²) < 4.78 is 50.4. The second-order valence-corrected chi connectivity index (χ2v) is 3.86. The lowest BCUT2D eigenvalue weighted by atomic mass is 10.2. The number of ether oxygens (including phenoxy) is 2. The van der Waals surface area contributed by atoms with E-state index < -0.39 is 17.6 Å². The summed E-state index contributed by atoms with van der Waals surface area (Å²) in [6.07, 6.45) is 0. The highest BCUT2D eigenvalue weighted by atomic mass is 32.2. The van der Waals surface area contributed by atoms with Gasteiger partial charge in [-0.05, 0) is 6.92 Å². The van der Waals surface area contributed by atoms with E-state index in [4.69, 9.17) is 9.47 Å². The first-order valence-electron chi connectivity index (χ1n) is 4.52. The summed E-state index contributed by atoms with van der Waals surface area (Å²) in [6.45, 7) is 1.73. The summed E-state index contributed by atoms with van der Waals surface area (Å²) in [5.74, 6) is 0.830. The zero-order valence-corrected chi connectivity index (χ0v) is 10.2. The van der Waals surface area contributed by atoms with Gasteiger partial charge in [-0.15, -0.1) is 0 Å². The van der Waals surface area contributed by atoms with E-state index in [9.17, 15) is 13.2 Å². The van der Waals surface area contributed by atoms with Gasteiger partial charge in [-0.3, -0.25) is 0 Å². The van der Waals surface area contributed by atoms with Gasteiger partial charge < -0.3 is 13.7 Å². The van der Waals surface area contributed by atoms with Crippen LogP contribution in [0.15, 0.2) is 12.1 Å². The molecule has 96 valence electrons. The topological polar surface area (TPSA) is 27.7 Å². The SMILES string of the molecule is COc1cc(OSC(F)(F)F)cc(OC)c1C. The van der Waals surface area contributed by atoms with Crippen LogP contribution in [-0.4, -0.2) is 19.7 Å². The fraction of sp³-hybridized carbons (Fsp3) is 0.400. The van der Waals surface area contributed by atoms with Gasteiger partial charge in [0.15, 0.2) is 12.0 Å². The molecule has 0 saturated heterocycles. The van der Waals surface area contributed by atoms with Gasteiger partial charge in [0.05, 0.1) is 14.2 Å². The minimum absolute atomic E-state index is 0.0200. The third kappa shape index (κ3) is 3.92. The molecule has 3 nitrogen and oxygen atoms in total. The van der Waals surface area contributed by atoms with Crippen LogP contribution in [0.4, 0.5) is 13.2 Å². The van der Waals surface area contributed by atoms with Crippen molar-refractivity contribution in [3.05, 3.63) is 17.7 Å². The summed E-state index contributed by atoms with van der Waals surface area (Å²) >= 11 is -0.580. The van der Waals surface area contributed by atoms with Crippen LogP contribution in [0.25, 0.3) is 0 Å². The van der Waals surface area contributed by atoms with Gasteiger partial charge in [0.2, 0.25) is 0 Å². The van der Waals surface area contributed by atoms with E-state index in [2.05, 4.69) is 4.18 Å². The Balaban J connectivity index is 2.93. The highest BCUT2D eigenvalue weighted by molar-refractivity contribution is 7.95. The number of halogens is 3. The Hall–Kier alpha value is -1.24. The number of rotatable bonds is 4. The molecule has 17 heavy (non-hydrogen) atoms. The van der Waals surface area contributed by atoms with Crippen LogP contribution in [0.1, 0.15) is 5.56 Å². The Bertz CT molecular complexity index is 368. The molecule has 0 radical (unpaired) electrons. The number of hydrogen-bond acceptors (Lipinski definition) is 4. The summed E-state index contributed by atoms with van der Waals surface area (Å²) in [4.78, 5) is 0. The lowest BCUT2D eigenvalue weighted by molar-refractivity contribution is -0.0369. The molecule has 1 rings (SSSR count). The Morgan fingerprint density at radius 1 is 1.06 bits per heavy atom. The molecule has 0 aliphatic rings. The Kier molecular flexibility index (Phi) is 4.39. The number of hydrogen-bond donors (Lipinski definition) is 0. The average molecular weight is 268 g/mol. The number of methoxy groups -OCH3 is 2. The molecule has 0 saturated carbocycles. The van der Waals surface area contributed by atoms with Crippen molar-refractivity contribution in [2.75, 3.05) is 14.2 Å². The van der Waals surface area contributed by atoms with Gasteiger partial charge in [0.25, 0.3) is 0 Å². The largest absolute Gasteiger partial charge is 0.496 e. The Morgan fingerprint density at radius 3 is 1.88 bits per heavy atom. The molecule has 0 atom stereocenters. The normalized spacial score (nSPS) is 11.2. The smallest absolute Gasteiger partial charge is 0.479 e. The summed E-state index contributed by atoms with van der Waals surface area (Å²) in [5, 5.41) is 0. The van der Waals surface area contributed by atoms with Crippen molar-refractivity contribution in [1.29, 1.82) is 0 Å². The maximum Gasteiger partial charge on any atom is 0.479 e. The minimum Gasteiger partial charge on any atom is -0.496 e. The standard InChI is InChI=1S/C10H11F3O3S/c1-6-8(14-2)4-7(5-9(6)15-3)16-17-10(11,12)13/h4-5H,1-3H3. The van der Waals surface area contributed by atoms with Crippen molar-refractivity contribution in [3.8, 4) is 17.2 Å². The monoisotopic (exact) mass is 268 g/mol. The molecule has 0 bridgehead atoms. The van der Waals surface area contributed by atoms with Crippen LogP contribution in [-0.2, 0) is 0 Å². The summed E-state index contributed by atoms with van der Waals surface area (Å²) in [5.41, 5.74) is -3.76. The highest BCUT2D eigenvalue weighted by Crippen LogP contribution is 2.37.